The Hall–Kier alpha value is -1.31. The van der Waals surface area contributed by atoms with E-state index in [1.807, 2.05) is 12.1 Å². The Morgan fingerprint density at radius 3 is 2.53 bits per heavy atom. The number of benzene rings is 1. The minimum atomic E-state index is 0.476. The topological polar surface area (TPSA) is 26.3 Å². The zero-order valence-electron chi connectivity index (χ0n) is 9.40. The molecule has 82 valence electrons. The standard InChI is InChI=1S/C13H18O2/c1-11(9-10-14)3-4-12-5-7-13(15-2)8-6-12/h5-8,10-11H,3-4,9H2,1-2H3/t11-/m0/s1. The van der Waals surface area contributed by atoms with Crippen LogP contribution in [0.3, 0.4) is 0 Å². The molecule has 0 aliphatic carbocycles. The number of methoxy groups -OCH3 is 1. The Bertz CT molecular complexity index is 290. The van der Waals surface area contributed by atoms with Crippen molar-refractivity contribution in [3.63, 3.8) is 0 Å². The zero-order valence-corrected chi connectivity index (χ0v) is 9.40. The van der Waals surface area contributed by atoms with Crippen LogP contribution in [-0.4, -0.2) is 13.4 Å². The van der Waals surface area contributed by atoms with Gasteiger partial charge in [0.15, 0.2) is 0 Å². The first kappa shape index (κ1) is 11.8. The maximum atomic E-state index is 10.3. The molecular weight excluding hydrogens is 188 g/mol. The van der Waals surface area contributed by atoms with Gasteiger partial charge in [-0.05, 0) is 36.5 Å². The van der Waals surface area contributed by atoms with Crippen LogP contribution in [0.15, 0.2) is 24.3 Å². The predicted octanol–water partition coefficient (Wildman–Crippen LogP) is 2.85. The van der Waals surface area contributed by atoms with Crippen LogP contribution in [0.2, 0.25) is 0 Å². The fourth-order valence-electron chi connectivity index (χ4n) is 1.49. The second-order valence-corrected chi connectivity index (χ2v) is 3.89. The molecule has 15 heavy (non-hydrogen) atoms. The molecule has 0 radical (unpaired) electrons. The summed E-state index contributed by atoms with van der Waals surface area (Å²) in [4.78, 5) is 10.3. The smallest absolute Gasteiger partial charge is 0.120 e. The number of rotatable bonds is 6. The number of aldehydes is 1. The van der Waals surface area contributed by atoms with E-state index in [1.165, 1.54) is 5.56 Å². The Morgan fingerprint density at radius 1 is 1.33 bits per heavy atom. The van der Waals surface area contributed by atoms with Gasteiger partial charge in [-0.25, -0.2) is 0 Å². The lowest BCUT2D eigenvalue weighted by atomic mass is 9.99. The van der Waals surface area contributed by atoms with E-state index in [0.29, 0.717) is 12.3 Å². The highest BCUT2D eigenvalue weighted by Crippen LogP contribution is 2.15. The lowest BCUT2D eigenvalue weighted by Crippen LogP contribution is -1.98. The van der Waals surface area contributed by atoms with Crippen molar-refractivity contribution in [3.05, 3.63) is 29.8 Å². The second kappa shape index (κ2) is 6.23. The molecular formula is C13H18O2. The highest BCUT2D eigenvalue weighted by molar-refractivity contribution is 5.49. The molecule has 0 aliphatic heterocycles. The van der Waals surface area contributed by atoms with Crippen LogP contribution in [0.5, 0.6) is 5.75 Å². The maximum absolute atomic E-state index is 10.3. The average molecular weight is 206 g/mol. The van der Waals surface area contributed by atoms with Crippen LogP contribution in [0.1, 0.15) is 25.3 Å². The van der Waals surface area contributed by atoms with Gasteiger partial charge in [0.1, 0.15) is 12.0 Å². The monoisotopic (exact) mass is 206 g/mol. The van der Waals surface area contributed by atoms with Gasteiger partial charge in [0.05, 0.1) is 7.11 Å². The third-order valence-electron chi connectivity index (χ3n) is 2.58. The first-order valence-corrected chi connectivity index (χ1v) is 5.33. The fourth-order valence-corrected chi connectivity index (χ4v) is 1.49. The van der Waals surface area contributed by atoms with Gasteiger partial charge in [0, 0.05) is 6.42 Å². The lowest BCUT2D eigenvalue weighted by Gasteiger charge is -2.07. The zero-order chi connectivity index (χ0) is 11.1. The van der Waals surface area contributed by atoms with Crippen molar-refractivity contribution in [1.82, 2.24) is 0 Å². The van der Waals surface area contributed by atoms with Crippen molar-refractivity contribution in [2.24, 2.45) is 5.92 Å². The van der Waals surface area contributed by atoms with Crippen molar-refractivity contribution in [1.29, 1.82) is 0 Å². The summed E-state index contributed by atoms with van der Waals surface area (Å²) in [7, 11) is 1.67. The van der Waals surface area contributed by atoms with Crippen molar-refractivity contribution < 1.29 is 9.53 Å². The molecule has 1 aromatic carbocycles. The molecule has 0 heterocycles. The first-order chi connectivity index (χ1) is 7.26. The summed E-state index contributed by atoms with van der Waals surface area (Å²) < 4.78 is 5.09. The van der Waals surface area contributed by atoms with Gasteiger partial charge in [-0.1, -0.05) is 19.1 Å². The number of hydrogen-bond donors (Lipinski definition) is 0. The third-order valence-corrected chi connectivity index (χ3v) is 2.58. The largest absolute Gasteiger partial charge is 0.497 e. The molecule has 0 saturated carbocycles. The SMILES string of the molecule is COc1ccc(CC[C@H](C)CC=O)cc1. The molecule has 0 spiro atoms. The van der Waals surface area contributed by atoms with Crippen LogP contribution in [0, 0.1) is 5.92 Å². The molecule has 0 unspecified atom stereocenters. The van der Waals surface area contributed by atoms with Crippen LogP contribution < -0.4 is 4.74 Å². The van der Waals surface area contributed by atoms with Crippen LogP contribution in [-0.2, 0) is 11.2 Å². The molecule has 2 nitrogen and oxygen atoms in total. The molecule has 0 aliphatic rings. The van der Waals surface area contributed by atoms with E-state index in [1.54, 1.807) is 7.11 Å². The molecule has 2 heteroatoms. The van der Waals surface area contributed by atoms with Crippen LogP contribution in [0.4, 0.5) is 0 Å². The van der Waals surface area contributed by atoms with E-state index in [2.05, 4.69) is 19.1 Å². The predicted molar refractivity (Wildman–Crippen MR) is 61.2 cm³/mol. The minimum absolute atomic E-state index is 0.476. The van der Waals surface area contributed by atoms with E-state index in [0.717, 1.165) is 24.9 Å². The Kier molecular flexibility index (Phi) is 4.88. The minimum Gasteiger partial charge on any atom is -0.497 e. The first-order valence-electron chi connectivity index (χ1n) is 5.33. The van der Waals surface area contributed by atoms with Crippen LogP contribution in [0.25, 0.3) is 0 Å². The molecule has 0 N–H and O–H groups in total. The molecule has 1 atom stereocenters. The van der Waals surface area contributed by atoms with Crippen molar-refractivity contribution >= 4 is 6.29 Å². The van der Waals surface area contributed by atoms with Crippen molar-refractivity contribution in [2.75, 3.05) is 7.11 Å². The van der Waals surface area contributed by atoms with Gasteiger partial charge >= 0.3 is 0 Å². The molecule has 0 amide bonds. The van der Waals surface area contributed by atoms with E-state index in [9.17, 15) is 4.79 Å². The summed E-state index contributed by atoms with van der Waals surface area (Å²) in [6.07, 6.45) is 3.75. The summed E-state index contributed by atoms with van der Waals surface area (Å²) in [5.41, 5.74) is 1.30. The number of aryl methyl sites for hydroxylation is 1. The van der Waals surface area contributed by atoms with Gasteiger partial charge < -0.3 is 9.53 Å². The van der Waals surface area contributed by atoms with E-state index < -0.39 is 0 Å². The highest BCUT2D eigenvalue weighted by atomic mass is 16.5. The van der Waals surface area contributed by atoms with Gasteiger partial charge in [-0.2, -0.15) is 0 Å². The summed E-state index contributed by atoms with van der Waals surface area (Å²) in [5, 5.41) is 0. The van der Waals surface area contributed by atoms with Gasteiger partial charge in [-0.3, -0.25) is 0 Å². The number of carbonyl (C=O) groups excluding carboxylic acids is 1. The number of ether oxygens (including phenoxy) is 1. The van der Waals surface area contributed by atoms with E-state index in [4.69, 9.17) is 4.74 Å². The molecule has 0 bridgehead atoms. The summed E-state index contributed by atoms with van der Waals surface area (Å²) in [6.45, 7) is 2.11. The molecule has 0 fully saturated rings. The van der Waals surface area contributed by atoms with Gasteiger partial charge in [-0.15, -0.1) is 0 Å². The molecule has 0 saturated heterocycles. The maximum Gasteiger partial charge on any atom is 0.120 e. The lowest BCUT2D eigenvalue weighted by molar-refractivity contribution is -0.108. The Balaban J connectivity index is 2.40. The fraction of sp³-hybridized carbons (Fsp3) is 0.462. The normalized spacial score (nSPS) is 12.1. The van der Waals surface area contributed by atoms with Gasteiger partial charge in [0.25, 0.3) is 0 Å². The molecule has 1 rings (SSSR count). The molecule has 1 aromatic rings. The average Bonchev–Trinajstić information content (AvgIpc) is 2.27. The summed E-state index contributed by atoms with van der Waals surface area (Å²) >= 11 is 0. The third kappa shape index (κ3) is 4.15. The Labute approximate surface area is 91.3 Å². The quantitative estimate of drug-likeness (QED) is 0.669. The number of hydrogen-bond acceptors (Lipinski definition) is 2. The molecule has 0 aromatic heterocycles. The van der Waals surface area contributed by atoms with E-state index >= 15 is 0 Å². The van der Waals surface area contributed by atoms with Gasteiger partial charge in [0.2, 0.25) is 0 Å². The Morgan fingerprint density at radius 2 is 2.00 bits per heavy atom. The number of carbonyl (C=O) groups is 1. The second-order valence-electron chi connectivity index (χ2n) is 3.89. The van der Waals surface area contributed by atoms with Crippen molar-refractivity contribution in [2.45, 2.75) is 26.2 Å². The summed E-state index contributed by atoms with van der Waals surface area (Å²) in [6, 6.07) is 8.10. The van der Waals surface area contributed by atoms with E-state index in [-0.39, 0.29) is 0 Å². The van der Waals surface area contributed by atoms with Crippen molar-refractivity contribution in [3.8, 4) is 5.75 Å². The highest BCUT2D eigenvalue weighted by Gasteiger charge is 2.01. The van der Waals surface area contributed by atoms with Crippen LogP contribution >= 0.6 is 0 Å². The summed E-state index contributed by atoms with van der Waals surface area (Å²) in [5.74, 6) is 1.37.